The number of hydrogen-bond donors (Lipinski definition) is 1. The van der Waals surface area contributed by atoms with Gasteiger partial charge in [0.1, 0.15) is 23.2 Å². The van der Waals surface area contributed by atoms with E-state index in [9.17, 15) is 9.18 Å². The van der Waals surface area contributed by atoms with Crippen LogP contribution in [0.2, 0.25) is 0 Å². The van der Waals surface area contributed by atoms with Gasteiger partial charge < -0.3 is 10.2 Å². The van der Waals surface area contributed by atoms with Crippen molar-refractivity contribution in [3.05, 3.63) is 47.7 Å². The normalized spacial score (nSPS) is 17.6. The third-order valence-corrected chi connectivity index (χ3v) is 4.14. The Bertz CT molecular complexity index is 732. The van der Waals surface area contributed by atoms with Gasteiger partial charge in [-0.1, -0.05) is 6.92 Å². The number of aromatic nitrogens is 2. The Kier molecular flexibility index (Phi) is 4.74. The van der Waals surface area contributed by atoms with E-state index in [1.165, 1.54) is 30.7 Å². The summed E-state index contributed by atoms with van der Waals surface area (Å²) in [5, 5.41) is 2.74. The minimum Gasteiger partial charge on any atom is -0.356 e. The summed E-state index contributed by atoms with van der Waals surface area (Å²) in [5.41, 5.74) is 0.853. The topological polar surface area (TPSA) is 58.1 Å². The molecule has 1 amide bonds. The first-order valence-electron chi connectivity index (χ1n) is 8.19. The highest BCUT2D eigenvalue weighted by molar-refractivity contribution is 6.03. The number of halogens is 1. The second kappa shape index (κ2) is 6.95. The van der Waals surface area contributed by atoms with Gasteiger partial charge in [-0.2, -0.15) is 0 Å². The molecule has 1 saturated heterocycles. The van der Waals surface area contributed by atoms with E-state index in [0.29, 0.717) is 23.1 Å². The van der Waals surface area contributed by atoms with Gasteiger partial charge in [-0.25, -0.2) is 14.4 Å². The quantitative estimate of drug-likeness (QED) is 0.938. The number of piperidine rings is 1. The zero-order valence-corrected chi connectivity index (χ0v) is 13.9. The van der Waals surface area contributed by atoms with Gasteiger partial charge >= 0.3 is 0 Å². The van der Waals surface area contributed by atoms with Crippen LogP contribution in [0.4, 0.5) is 15.9 Å². The van der Waals surface area contributed by atoms with Crippen LogP contribution in [0, 0.1) is 18.7 Å². The van der Waals surface area contributed by atoms with Crippen molar-refractivity contribution < 1.29 is 9.18 Å². The molecule has 2 heterocycles. The molecule has 1 atom stereocenters. The highest BCUT2D eigenvalue weighted by Crippen LogP contribution is 2.22. The van der Waals surface area contributed by atoms with Crippen LogP contribution in [0.3, 0.4) is 0 Å². The molecule has 5 nitrogen and oxygen atoms in total. The lowest BCUT2D eigenvalue weighted by Crippen LogP contribution is -2.35. The molecule has 0 radical (unpaired) electrons. The van der Waals surface area contributed by atoms with Crippen LogP contribution in [-0.2, 0) is 0 Å². The lowest BCUT2D eigenvalue weighted by molar-refractivity contribution is 0.102. The van der Waals surface area contributed by atoms with Crippen LogP contribution in [-0.4, -0.2) is 29.0 Å². The van der Waals surface area contributed by atoms with Gasteiger partial charge in [-0.05, 0) is 49.9 Å². The average molecular weight is 328 g/mol. The summed E-state index contributed by atoms with van der Waals surface area (Å²) >= 11 is 0. The zero-order valence-electron chi connectivity index (χ0n) is 13.9. The Hall–Kier alpha value is -2.50. The Morgan fingerprint density at radius 1 is 1.29 bits per heavy atom. The first kappa shape index (κ1) is 16.4. The minimum absolute atomic E-state index is 0.319. The fourth-order valence-corrected chi connectivity index (χ4v) is 2.96. The second-order valence-corrected chi connectivity index (χ2v) is 6.31. The van der Waals surface area contributed by atoms with Crippen LogP contribution < -0.4 is 10.2 Å². The molecule has 0 bridgehead atoms. The van der Waals surface area contributed by atoms with Crippen molar-refractivity contribution in [3.8, 4) is 0 Å². The Morgan fingerprint density at radius 3 is 2.75 bits per heavy atom. The molecule has 1 N–H and O–H groups in total. The van der Waals surface area contributed by atoms with Gasteiger partial charge in [0.25, 0.3) is 5.91 Å². The van der Waals surface area contributed by atoms with Crippen molar-refractivity contribution in [1.29, 1.82) is 0 Å². The molecule has 1 unspecified atom stereocenters. The molecule has 1 aliphatic rings. The first-order valence-corrected chi connectivity index (χ1v) is 8.19. The van der Waals surface area contributed by atoms with Crippen LogP contribution in [0.25, 0.3) is 0 Å². The lowest BCUT2D eigenvalue weighted by Gasteiger charge is -2.32. The van der Waals surface area contributed by atoms with Crippen molar-refractivity contribution in [2.75, 3.05) is 23.3 Å². The fourth-order valence-electron chi connectivity index (χ4n) is 2.96. The SMILES string of the molecule is Cc1nc(C(=O)Nc2ccc(F)cc2)cc(N2CCCC(C)C2)n1. The molecule has 3 rings (SSSR count). The van der Waals surface area contributed by atoms with E-state index in [1.807, 2.05) is 0 Å². The van der Waals surface area contributed by atoms with Crippen molar-refractivity contribution in [2.24, 2.45) is 5.92 Å². The molecule has 2 aromatic rings. The lowest BCUT2D eigenvalue weighted by atomic mass is 10.0. The van der Waals surface area contributed by atoms with E-state index in [1.54, 1.807) is 13.0 Å². The number of carbonyl (C=O) groups is 1. The monoisotopic (exact) mass is 328 g/mol. The van der Waals surface area contributed by atoms with E-state index >= 15 is 0 Å². The average Bonchev–Trinajstić information content (AvgIpc) is 2.56. The number of benzene rings is 1. The van der Waals surface area contributed by atoms with Crippen LogP contribution in [0.1, 0.15) is 36.1 Å². The second-order valence-electron chi connectivity index (χ2n) is 6.31. The number of carbonyl (C=O) groups excluding carboxylic acids is 1. The Labute approximate surface area is 140 Å². The summed E-state index contributed by atoms with van der Waals surface area (Å²) in [7, 11) is 0. The molecule has 126 valence electrons. The van der Waals surface area contributed by atoms with E-state index in [4.69, 9.17) is 0 Å². The largest absolute Gasteiger partial charge is 0.356 e. The molecule has 24 heavy (non-hydrogen) atoms. The zero-order chi connectivity index (χ0) is 17.1. The van der Waals surface area contributed by atoms with Crippen molar-refractivity contribution >= 4 is 17.4 Å². The Balaban J connectivity index is 1.79. The highest BCUT2D eigenvalue weighted by Gasteiger charge is 2.20. The first-order chi connectivity index (χ1) is 11.5. The van der Waals surface area contributed by atoms with E-state index < -0.39 is 0 Å². The van der Waals surface area contributed by atoms with Gasteiger partial charge in [0.2, 0.25) is 0 Å². The number of nitrogens with zero attached hydrogens (tertiary/aromatic N) is 3. The molecule has 1 aliphatic heterocycles. The summed E-state index contributed by atoms with van der Waals surface area (Å²) in [6, 6.07) is 7.38. The predicted octanol–water partition coefficient (Wildman–Crippen LogP) is 3.41. The number of nitrogens with one attached hydrogen (secondary N) is 1. The molecule has 1 aromatic heterocycles. The standard InChI is InChI=1S/C18H21FN4O/c1-12-4-3-9-23(11-12)17-10-16(20-13(2)21-17)18(24)22-15-7-5-14(19)6-8-15/h5-8,10,12H,3-4,9,11H2,1-2H3,(H,22,24). The van der Waals surface area contributed by atoms with Gasteiger partial charge in [0.05, 0.1) is 0 Å². The maximum Gasteiger partial charge on any atom is 0.274 e. The molecule has 0 saturated carbocycles. The summed E-state index contributed by atoms with van der Waals surface area (Å²) in [6.45, 7) is 5.89. The van der Waals surface area contributed by atoms with E-state index in [-0.39, 0.29) is 11.7 Å². The number of amides is 1. The van der Waals surface area contributed by atoms with Crippen molar-refractivity contribution in [2.45, 2.75) is 26.7 Å². The van der Waals surface area contributed by atoms with Crippen molar-refractivity contribution in [3.63, 3.8) is 0 Å². The smallest absolute Gasteiger partial charge is 0.274 e. The molecular weight excluding hydrogens is 307 g/mol. The van der Waals surface area contributed by atoms with E-state index in [2.05, 4.69) is 27.1 Å². The van der Waals surface area contributed by atoms with Gasteiger partial charge in [-0.15, -0.1) is 0 Å². The molecular formula is C18H21FN4O. The van der Waals surface area contributed by atoms with Crippen molar-refractivity contribution in [1.82, 2.24) is 9.97 Å². The number of aryl methyl sites for hydroxylation is 1. The molecule has 1 fully saturated rings. The van der Waals surface area contributed by atoms with Gasteiger partial charge in [-0.3, -0.25) is 4.79 Å². The van der Waals surface area contributed by atoms with Crippen LogP contribution in [0.5, 0.6) is 0 Å². The molecule has 6 heteroatoms. The summed E-state index contributed by atoms with van der Waals surface area (Å²) in [5.74, 6) is 1.31. The summed E-state index contributed by atoms with van der Waals surface area (Å²) in [6.07, 6.45) is 2.35. The predicted molar refractivity (Wildman–Crippen MR) is 91.7 cm³/mol. The molecule has 0 aliphatic carbocycles. The third kappa shape index (κ3) is 3.88. The van der Waals surface area contributed by atoms with Gasteiger partial charge in [0.15, 0.2) is 0 Å². The molecule has 1 aromatic carbocycles. The summed E-state index contributed by atoms with van der Waals surface area (Å²) < 4.78 is 13.0. The van der Waals surface area contributed by atoms with Gasteiger partial charge in [0, 0.05) is 24.8 Å². The Morgan fingerprint density at radius 2 is 2.04 bits per heavy atom. The number of anilines is 2. The number of rotatable bonds is 3. The molecule has 0 spiro atoms. The minimum atomic E-state index is -0.340. The van der Waals surface area contributed by atoms with Crippen LogP contribution in [0.15, 0.2) is 30.3 Å². The number of hydrogen-bond acceptors (Lipinski definition) is 4. The van der Waals surface area contributed by atoms with E-state index in [0.717, 1.165) is 25.3 Å². The summed E-state index contributed by atoms with van der Waals surface area (Å²) in [4.78, 5) is 23.4. The van der Waals surface area contributed by atoms with Crippen LogP contribution >= 0.6 is 0 Å². The highest BCUT2D eigenvalue weighted by atomic mass is 19.1. The fraction of sp³-hybridized carbons (Fsp3) is 0.389. The third-order valence-electron chi connectivity index (χ3n) is 4.14. The maximum atomic E-state index is 13.0. The maximum absolute atomic E-state index is 13.0.